The quantitative estimate of drug-likeness (QED) is 0.0165. The maximum Gasteiger partial charge on any atom is 0.472 e. The van der Waals surface area contributed by atoms with Crippen LogP contribution in [0, 0.1) is 0 Å². The van der Waals surface area contributed by atoms with Crippen LogP contribution in [-0.2, 0) is 46.3 Å². The van der Waals surface area contributed by atoms with Gasteiger partial charge < -0.3 is 34.6 Å². The van der Waals surface area contributed by atoms with E-state index in [9.17, 15) is 43.8 Å². The van der Waals surface area contributed by atoms with E-state index in [4.69, 9.17) is 18.5 Å². The third-order valence-corrected chi connectivity index (χ3v) is 14.1. The largest absolute Gasteiger partial charge is 0.472 e. The highest BCUT2D eigenvalue weighted by atomic mass is 31.2. The monoisotopic (exact) mass is 1040 g/mol. The third-order valence-electron chi connectivity index (χ3n) is 12.2. The number of carbonyl (C=O) groups is 2. The lowest BCUT2D eigenvalue weighted by Gasteiger charge is -2.19. The Morgan fingerprint density at radius 1 is 0.357 bits per heavy atom. The maximum absolute atomic E-state index is 12.2. The lowest BCUT2D eigenvalue weighted by molar-refractivity contribution is -0.148. The molecule has 0 saturated heterocycles. The SMILES string of the molecule is CCCCCCCC/C=C/CCCCCCCCCC(=O)OCC(O)COP(=O)(O)OCC(O)COP(=O)(O)OCC(O)COC(=O)CCCCCCCCCCCCCCCCCCCCCCC. The van der Waals surface area contributed by atoms with E-state index in [1.165, 1.54) is 173 Å². The summed E-state index contributed by atoms with van der Waals surface area (Å²) in [6.45, 7) is 0.482. The van der Waals surface area contributed by atoms with Crippen LogP contribution in [0.15, 0.2) is 12.2 Å². The Hall–Kier alpha value is -1.22. The summed E-state index contributed by atoms with van der Waals surface area (Å²) in [6, 6.07) is 0. The molecule has 0 radical (unpaired) electrons. The molecule has 70 heavy (non-hydrogen) atoms. The lowest BCUT2D eigenvalue weighted by atomic mass is 10.0. The number of rotatable bonds is 55. The summed E-state index contributed by atoms with van der Waals surface area (Å²) in [6.07, 6.45) is 44.8. The number of allylic oxidation sites excluding steroid dienone is 2. The summed E-state index contributed by atoms with van der Waals surface area (Å²) < 4.78 is 53.2. The van der Waals surface area contributed by atoms with Crippen LogP contribution in [0.4, 0.5) is 0 Å². The van der Waals surface area contributed by atoms with Gasteiger partial charge in [-0.05, 0) is 38.5 Å². The number of phosphoric ester groups is 2. The molecule has 0 fully saturated rings. The zero-order chi connectivity index (χ0) is 51.7. The number of aliphatic hydroxyl groups is 3. The van der Waals surface area contributed by atoms with Crippen molar-refractivity contribution >= 4 is 27.6 Å². The maximum atomic E-state index is 12.2. The molecule has 0 saturated carbocycles. The predicted molar refractivity (Wildman–Crippen MR) is 279 cm³/mol. The molecule has 0 aliphatic heterocycles. The van der Waals surface area contributed by atoms with Crippen molar-refractivity contribution in [3.8, 4) is 0 Å². The Labute approximate surface area is 425 Å². The highest BCUT2D eigenvalue weighted by Gasteiger charge is 2.28. The molecule has 416 valence electrons. The molecule has 0 aromatic carbocycles. The highest BCUT2D eigenvalue weighted by molar-refractivity contribution is 7.47. The molecule has 17 heteroatoms. The first kappa shape index (κ1) is 68.8. The number of carbonyl (C=O) groups excluding carboxylic acids is 2. The number of unbranched alkanes of at least 4 members (excludes halogenated alkanes) is 33. The average molecular weight is 1040 g/mol. The molecule has 0 bridgehead atoms. The minimum Gasteiger partial charge on any atom is -0.463 e. The van der Waals surface area contributed by atoms with Gasteiger partial charge in [-0.2, -0.15) is 0 Å². The first-order chi connectivity index (χ1) is 33.8. The molecular weight excluding hydrogens is 939 g/mol. The Morgan fingerprint density at radius 3 is 0.829 bits per heavy atom. The Kier molecular flexibility index (Phi) is 49.1. The van der Waals surface area contributed by atoms with Crippen molar-refractivity contribution < 1.29 is 71.4 Å². The summed E-state index contributed by atoms with van der Waals surface area (Å²) in [5, 5.41) is 30.1. The summed E-state index contributed by atoms with van der Waals surface area (Å²) in [7, 11) is -9.57. The Morgan fingerprint density at radius 2 is 0.571 bits per heavy atom. The molecule has 0 aliphatic carbocycles. The first-order valence-corrected chi connectivity index (χ1v) is 31.0. The van der Waals surface area contributed by atoms with Crippen molar-refractivity contribution in [2.24, 2.45) is 0 Å². The molecule has 0 spiro atoms. The van der Waals surface area contributed by atoms with E-state index in [-0.39, 0.29) is 12.8 Å². The molecule has 0 aliphatic rings. The lowest BCUT2D eigenvalue weighted by Crippen LogP contribution is -2.25. The van der Waals surface area contributed by atoms with Crippen LogP contribution in [0.2, 0.25) is 0 Å². The Bertz CT molecular complexity index is 1310. The van der Waals surface area contributed by atoms with Gasteiger partial charge in [-0.25, -0.2) is 9.13 Å². The molecular formula is C53H104O15P2. The van der Waals surface area contributed by atoms with Gasteiger partial charge in [0, 0.05) is 12.8 Å². The molecule has 0 rings (SSSR count). The minimum absolute atomic E-state index is 0.195. The second-order valence-electron chi connectivity index (χ2n) is 19.3. The van der Waals surface area contributed by atoms with Gasteiger partial charge in [0.2, 0.25) is 0 Å². The van der Waals surface area contributed by atoms with Crippen LogP contribution >= 0.6 is 15.6 Å². The van der Waals surface area contributed by atoms with Crippen molar-refractivity contribution in [3.63, 3.8) is 0 Å². The van der Waals surface area contributed by atoms with Crippen LogP contribution in [0.25, 0.3) is 0 Å². The standard InChI is InChI=1S/C53H104O15P2/c1-3-5-7-9-11-13-15-17-19-21-22-23-24-26-28-30-32-34-36-38-40-42-53(58)64-44-50(55)46-66-70(61,62)68-48-51(56)47-67-69(59,60)65-45-49(54)43-63-52(57)41-39-37-35-33-31-29-27-25-20-18-16-14-12-10-8-6-4-2/h18,20,49-51,54-56H,3-17,19,21-48H2,1-2H3,(H,59,60)(H,61,62)/b20-18+. The molecule has 0 amide bonds. The fourth-order valence-corrected chi connectivity index (χ4v) is 9.45. The molecule has 5 N–H and O–H groups in total. The van der Waals surface area contributed by atoms with Crippen molar-refractivity contribution in [1.82, 2.24) is 0 Å². The minimum atomic E-state index is -4.79. The van der Waals surface area contributed by atoms with Gasteiger partial charge in [0.25, 0.3) is 0 Å². The summed E-state index contributed by atoms with van der Waals surface area (Å²) in [4.78, 5) is 43.9. The molecule has 5 unspecified atom stereocenters. The van der Waals surface area contributed by atoms with E-state index in [0.717, 1.165) is 44.9 Å². The van der Waals surface area contributed by atoms with Crippen molar-refractivity contribution in [2.45, 2.75) is 276 Å². The number of ether oxygens (including phenoxy) is 2. The zero-order valence-corrected chi connectivity index (χ0v) is 46.0. The van der Waals surface area contributed by atoms with Gasteiger partial charge in [0.05, 0.1) is 26.4 Å². The fourth-order valence-electron chi connectivity index (χ4n) is 7.86. The van der Waals surface area contributed by atoms with E-state index >= 15 is 0 Å². The third kappa shape index (κ3) is 51.7. The number of esters is 2. The van der Waals surface area contributed by atoms with Gasteiger partial charge in [0.1, 0.15) is 31.5 Å². The van der Waals surface area contributed by atoms with Gasteiger partial charge >= 0.3 is 27.6 Å². The molecule has 0 aromatic heterocycles. The number of aliphatic hydroxyl groups excluding tert-OH is 3. The average Bonchev–Trinajstić information content (AvgIpc) is 3.34. The van der Waals surface area contributed by atoms with Crippen LogP contribution in [0.3, 0.4) is 0 Å². The molecule has 0 heterocycles. The van der Waals surface area contributed by atoms with Gasteiger partial charge in [0.15, 0.2) is 0 Å². The normalized spacial score (nSPS) is 14.9. The van der Waals surface area contributed by atoms with Crippen LogP contribution in [-0.4, -0.2) is 95.0 Å². The zero-order valence-electron chi connectivity index (χ0n) is 44.2. The fraction of sp³-hybridized carbons (Fsp3) is 0.925. The van der Waals surface area contributed by atoms with Crippen molar-refractivity contribution in [3.05, 3.63) is 12.2 Å². The van der Waals surface area contributed by atoms with Crippen LogP contribution < -0.4 is 0 Å². The van der Waals surface area contributed by atoms with E-state index in [1.54, 1.807) is 0 Å². The van der Waals surface area contributed by atoms with Gasteiger partial charge in [-0.3, -0.25) is 27.7 Å². The summed E-state index contributed by atoms with van der Waals surface area (Å²) in [5.74, 6) is -0.987. The van der Waals surface area contributed by atoms with E-state index in [2.05, 4.69) is 35.0 Å². The number of hydrogen-bond acceptors (Lipinski definition) is 13. The highest BCUT2D eigenvalue weighted by Crippen LogP contribution is 2.45. The van der Waals surface area contributed by atoms with E-state index < -0.39 is 85.5 Å². The van der Waals surface area contributed by atoms with Gasteiger partial charge in [-0.1, -0.05) is 219 Å². The Balaban J connectivity index is 3.79. The summed E-state index contributed by atoms with van der Waals surface area (Å²) in [5.41, 5.74) is 0. The van der Waals surface area contributed by atoms with Crippen LogP contribution in [0.1, 0.15) is 258 Å². The van der Waals surface area contributed by atoms with E-state index in [0.29, 0.717) is 12.8 Å². The second kappa shape index (κ2) is 50.0. The molecule has 0 aromatic rings. The summed E-state index contributed by atoms with van der Waals surface area (Å²) >= 11 is 0. The van der Waals surface area contributed by atoms with Crippen molar-refractivity contribution in [1.29, 1.82) is 0 Å². The van der Waals surface area contributed by atoms with Gasteiger partial charge in [-0.15, -0.1) is 0 Å². The van der Waals surface area contributed by atoms with Crippen molar-refractivity contribution in [2.75, 3.05) is 39.6 Å². The smallest absolute Gasteiger partial charge is 0.463 e. The molecule has 15 nitrogen and oxygen atoms in total. The topological polar surface area (TPSA) is 225 Å². The second-order valence-corrected chi connectivity index (χ2v) is 22.2. The van der Waals surface area contributed by atoms with E-state index in [1.807, 2.05) is 0 Å². The molecule has 5 atom stereocenters. The first-order valence-electron chi connectivity index (χ1n) is 28.0. The number of phosphoric acid groups is 2. The van der Waals surface area contributed by atoms with Crippen LogP contribution in [0.5, 0.6) is 0 Å². The predicted octanol–water partition coefficient (Wildman–Crippen LogP) is 13.8. The number of hydrogen-bond donors (Lipinski definition) is 5.